The molecule has 1 aliphatic rings. The van der Waals surface area contributed by atoms with Gasteiger partial charge in [-0.25, -0.2) is 0 Å². The average molecular weight is 281 g/mol. The first-order valence-corrected chi connectivity index (χ1v) is 6.39. The predicted octanol–water partition coefficient (Wildman–Crippen LogP) is 0.576. The van der Waals surface area contributed by atoms with Gasteiger partial charge in [0.25, 0.3) is 0 Å². The summed E-state index contributed by atoms with van der Waals surface area (Å²) in [5.41, 5.74) is 0. The SMILES string of the molecule is CCOCCOCC(=O)NC1CNCCC1C.Cl. The number of amides is 1. The first-order chi connectivity index (χ1) is 8.24. The number of ether oxygens (including phenoxy) is 2. The zero-order valence-corrected chi connectivity index (χ0v) is 12.1. The van der Waals surface area contributed by atoms with Crippen molar-refractivity contribution < 1.29 is 14.3 Å². The highest BCUT2D eigenvalue weighted by molar-refractivity contribution is 5.85. The van der Waals surface area contributed by atoms with Gasteiger partial charge in [-0.2, -0.15) is 0 Å². The lowest BCUT2D eigenvalue weighted by Crippen LogP contribution is -2.51. The summed E-state index contributed by atoms with van der Waals surface area (Å²) in [6.45, 7) is 7.82. The third-order valence-corrected chi connectivity index (χ3v) is 2.98. The Morgan fingerprint density at radius 2 is 2.11 bits per heavy atom. The molecule has 6 heteroatoms. The van der Waals surface area contributed by atoms with Crippen molar-refractivity contribution in [2.45, 2.75) is 26.3 Å². The maximum Gasteiger partial charge on any atom is 0.246 e. The van der Waals surface area contributed by atoms with Crippen LogP contribution in [0, 0.1) is 5.92 Å². The molecule has 108 valence electrons. The number of carbonyl (C=O) groups is 1. The molecule has 2 N–H and O–H groups in total. The van der Waals surface area contributed by atoms with Crippen molar-refractivity contribution in [2.75, 3.05) is 39.5 Å². The molecule has 1 aliphatic heterocycles. The van der Waals surface area contributed by atoms with Gasteiger partial charge >= 0.3 is 0 Å². The molecular formula is C12H25ClN2O3. The number of hydrogen-bond acceptors (Lipinski definition) is 4. The topological polar surface area (TPSA) is 59.6 Å². The fourth-order valence-corrected chi connectivity index (χ4v) is 1.86. The van der Waals surface area contributed by atoms with Gasteiger partial charge in [-0.3, -0.25) is 4.79 Å². The molecule has 0 spiro atoms. The second-order valence-corrected chi connectivity index (χ2v) is 4.39. The van der Waals surface area contributed by atoms with Crippen LogP contribution in [0.4, 0.5) is 0 Å². The van der Waals surface area contributed by atoms with Crippen LogP contribution >= 0.6 is 12.4 Å². The van der Waals surface area contributed by atoms with Crippen LogP contribution < -0.4 is 10.6 Å². The van der Waals surface area contributed by atoms with Crippen LogP contribution in [0.15, 0.2) is 0 Å². The molecule has 2 unspecified atom stereocenters. The summed E-state index contributed by atoms with van der Waals surface area (Å²) >= 11 is 0. The zero-order chi connectivity index (χ0) is 12.5. The minimum Gasteiger partial charge on any atom is -0.379 e. The second kappa shape index (κ2) is 10.6. The van der Waals surface area contributed by atoms with E-state index in [1.54, 1.807) is 0 Å². The van der Waals surface area contributed by atoms with Gasteiger partial charge in [0.1, 0.15) is 6.61 Å². The van der Waals surface area contributed by atoms with Gasteiger partial charge < -0.3 is 20.1 Å². The summed E-state index contributed by atoms with van der Waals surface area (Å²) in [6.07, 6.45) is 1.11. The summed E-state index contributed by atoms with van der Waals surface area (Å²) in [4.78, 5) is 11.6. The maximum absolute atomic E-state index is 11.6. The Morgan fingerprint density at radius 3 is 2.78 bits per heavy atom. The summed E-state index contributed by atoms with van der Waals surface area (Å²) < 4.78 is 10.3. The van der Waals surface area contributed by atoms with Crippen LogP contribution in [0.1, 0.15) is 20.3 Å². The van der Waals surface area contributed by atoms with Crippen LogP contribution in [-0.2, 0) is 14.3 Å². The minimum atomic E-state index is -0.0398. The molecule has 18 heavy (non-hydrogen) atoms. The lowest BCUT2D eigenvalue weighted by Gasteiger charge is -2.30. The van der Waals surface area contributed by atoms with Gasteiger partial charge in [-0.1, -0.05) is 6.92 Å². The summed E-state index contributed by atoms with van der Waals surface area (Å²) in [5, 5.41) is 6.27. The molecule has 0 bridgehead atoms. The van der Waals surface area contributed by atoms with Gasteiger partial charge in [-0.05, 0) is 25.8 Å². The third-order valence-electron chi connectivity index (χ3n) is 2.98. The Bertz CT molecular complexity index is 229. The highest BCUT2D eigenvalue weighted by Gasteiger charge is 2.22. The molecule has 1 fully saturated rings. The fraction of sp³-hybridized carbons (Fsp3) is 0.917. The molecule has 0 aromatic heterocycles. The third kappa shape index (κ3) is 7.16. The van der Waals surface area contributed by atoms with E-state index in [0.29, 0.717) is 25.7 Å². The standard InChI is InChI=1S/C12H24N2O3.ClH/c1-3-16-6-7-17-9-12(15)14-11-8-13-5-4-10(11)2;/h10-11,13H,3-9H2,1-2H3,(H,14,15);1H. The van der Waals surface area contributed by atoms with Gasteiger partial charge in [-0.15, -0.1) is 12.4 Å². The fourth-order valence-electron chi connectivity index (χ4n) is 1.86. The Balaban J connectivity index is 0.00000289. The molecule has 0 aliphatic carbocycles. The molecule has 0 aromatic carbocycles. The van der Waals surface area contributed by atoms with Gasteiger partial charge in [0, 0.05) is 19.2 Å². The highest BCUT2D eigenvalue weighted by Crippen LogP contribution is 2.10. The Hall–Kier alpha value is -0.360. The monoisotopic (exact) mass is 280 g/mol. The van der Waals surface area contributed by atoms with Crippen molar-refractivity contribution in [1.82, 2.24) is 10.6 Å². The van der Waals surface area contributed by atoms with Gasteiger partial charge in [0.2, 0.25) is 5.91 Å². The van der Waals surface area contributed by atoms with Crippen molar-refractivity contribution in [3.8, 4) is 0 Å². The number of nitrogens with one attached hydrogen (secondary N) is 2. The lowest BCUT2D eigenvalue weighted by molar-refractivity contribution is -0.127. The Labute approximate surface area is 115 Å². The zero-order valence-electron chi connectivity index (χ0n) is 11.2. The molecule has 5 nitrogen and oxygen atoms in total. The quantitative estimate of drug-likeness (QED) is 0.670. The largest absolute Gasteiger partial charge is 0.379 e. The maximum atomic E-state index is 11.6. The Kier molecular flexibility index (Phi) is 10.3. The number of halogens is 1. The number of rotatable bonds is 7. The number of carbonyl (C=O) groups excluding carboxylic acids is 1. The molecule has 1 saturated heterocycles. The summed E-state index contributed by atoms with van der Waals surface area (Å²) in [5.74, 6) is 0.491. The molecule has 1 rings (SSSR count). The second-order valence-electron chi connectivity index (χ2n) is 4.39. The molecule has 2 atom stereocenters. The van der Waals surface area contributed by atoms with Gasteiger partial charge in [0.15, 0.2) is 0 Å². The van der Waals surface area contributed by atoms with E-state index in [2.05, 4.69) is 17.6 Å². The van der Waals surface area contributed by atoms with Crippen molar-refractivity contribution in [2.24, 2.45) is 5.92 Å². The molecule has 1 heterocycles. The molecule has 1 amide bonds. The average Bonchev–Trinajstić information content (AvgIpc) is 2.32. The van der Waals surface area contributed by atoms with E-state index in [9.17, 15) is 4.79 Å². The summed E-state index contributed by atoms with van der Waals surface area (Å²) in [7, 11) is 0. The van der Waals surface area contributed by atoms with Crippen molar-refractivity contribution >= 4 is 18.3 Å². The van der Waals surface area contributed by atoms with Crippen molar-refractivity contribution in [3.63, 3.8) is 0 Å². The van der Waals surface area contributed by atoms with Crippen LogP contribution in [-0.4, -0.2) is 51.5 Å². The lowest BCUT2D eigenvalue weighted by atomic mass is 9.95. The highest BCUT2D eigenvalue weighted by atomic mass is 35.5. The van der Waals surface area contributed by atoms with Crippen molar-refractivity contribution in [3.05, 3.63) is 0 Å². The predicted molar refractivity (Wildman–Crippen MR) is 73.1 cm³/mol. The van der Waals surface area contributed by atoms with E-state index in [1.807, 2.05) is 6.92 Å². The molecule has 0 aromatic rings. The van der Waals surface area contributed by atoms with Crippen LogP contribution in [0.3, 0.4) is 0 Å². The first kappa shape index (κ1) is 17.6. The molecule has 0 radical (unpaired) electrons. The number of piperidine rings is 1. The smallest absolute Gasteiger partial charge is 0.246 e. The van der Waals surface area contributed by atoms with E-state index < -0.39 is 0 Å². The number of hydrogen-bond donors (Lipinski definition) is 2. The molecular weight excluding hydrogens is 256 g/mol. The Morgan fingerprint density at radius 1 is 1.39 bits per heavy atom. The normalized spacial score (nSPS) is 23.2. The van der Waals surface area contributed by atoms with E-state index >= 15 is 0 Å². The van der Waals surface area contributed by atoms with E-state index in [0.717, 1.165) is 19.5 Å². The van der Waals surface area contributed by atoms with Crippen LogP contribution in [0.5, 0.6) is 0 Å². The van der Waals surface area contributed by atoms with E-state index in [-0.39, 0.29) is 31.0 Å². The van der Waals surface area contributed by atoms with E-state index in [1.165, 1.54) is 0 Å². The minimum absolute atomic E-state index is 0. The van der Waals surface area contributed by atoms with E-state index in [4.69, 9.17) is 9.47 Å². The van der Waals surface area contributed by atoms with Gasteiger partial charge in [0.05, 0.1) is 13.2 Å². The first-order valence-electron chi connectivity index (χ1n) is 6.39. The van der Waals surface area contributed by atoms with Crippen LogP contribution in [0.25, 0.3) is 0 Å². The van der Waals surface area contributed by atoms with Crippen LogP contribution in [0.2, 0.25) is 0 Å². The molecule has 0 saturated carbocycles. The van der Waals surface area contributed by atoms with Crippen molar-refractivity contribution in [1.29, 1.82) is 0 Å². The summed E-state index contributed by atoms with van der Waals surface area (Å²) in [6, 6.07) is 0.228.